The highest BCUT2D eigenvalue weighted by atomic mass is 32.2. The maximum atomic E-state index is 12.3. The van der Waals surface area contributed by atoms with Crippen molar-refractivity contribution in [1.29, 1.82) is 0 Å². The van der Waals surface area contributed by atoms with Gasteiger partial charge in [0.15, 0.2) is 9.84 Å². The Morgan fingerprint density at radius 1 is 1.14 bits per heavy atom. The molecule has 1 fully saturated rings. The first-order valence-corrected chi connectivity index (χ1v) is 9.66. The van der Waals surface area contributed by atoms with Crippen LogP contribution >= 0.6 is 0 Å². The Bertz CT molecular complexity index is 543. The Kier molecular flexibility index (Phi) is 5.44. The molecule has 21 heavy (non-hydrogen) atoms. The van der Waals surface area contributed by atoms with Gasteiger partial charge < -0.3 is 5.73 Å². The normalized spacial score (nSPS) is 18.3. The van der Waals surface area contributed by atoms with Crippen molar-refractivity contribution in [2.75, 3.05) is 5.75 Å². The molecule has 2 rings (SSSR count). The van der Waals surface area contributed by atoms with Gasteiger partial charge in [-0.3, -0.25) is 0 Å². The van der Waals surface area contributed by atoms with Crippen molar-refractivity contribution in [1.82, 2.24) is 0 Å². The van der Waals surface area contributed by atoms with Gasteiger partial charge in [-0.05, 0) is 36.3 Å². The van der Waals surface area contributed by atoms with Crippen LogP contribution in [0.1, 0.15) is 56.7 Å². The largest absolute Gasteiger partial charge is 0.323 e. The molecule has 118 valence electrons. The third-order valence-corrected chi connectivity index (χ3v) is 6.58. The fourth-order valence-corrected chi connectivity index (χ4v) is 5.12. The van der Waals surface area contributed by atoms with Crippen LogP contribution in [-0.2, 0) is 16.3 Å². The monoisotopic (exact) mass is 309 g/mol. The fraction of sp³-hybridized carbons (Fsp3) is 0.647. The fourth-order valence-electron chi connectivity index (χ4n) is 3.10. The molecule has 4 heteroatoms. The van der Waals surface area contributed by atoms with E-state index in [-0.39, 0.29) is 11.0 Å². The summed E-state index contributed by atoms with van der Waals surface area (Å²) in [5.41, 5.74) is 8.32. The topological polar surface area (TPSA) is 60.2 Å². The van der Waals surface area contributed by atoms with Crippen LogP contribution in [0.25, 0.3) is 0 Å². The lowest BCUT2D eigenvalue weighted by molar-refractivity contribution is 0.572. The summed E-state index contributed by atoms with van der Waals surface area (Å²) in [5, 5.41) is -0.163. The summed E-state index contributed by atoms with van der Waals surface area (Å²) in [6, 6.07) is 7.68. The summed E-state index contributed by atoms with van der Waals surface area (Å²) in [4.78, 5) is 0. The van der Waals surface area contributed by atoms with E-state index in [4.69, 9.17) is 5.73 Å². The number of benzene rings is 1. The maximum absolute atomic E-state index is 12.3. The van der Waals surface area contributed by atoms with Crippen molar-refractivity contribution in [3.8, 4) is 0 Å². The molecule has 1 atom stereocenters. The molecule has 0 bridgehead atoms. The summed E-state index contributed by atoms with van der Waals surface area (Å²) in [6.45, 7) is 4.38. The van der Waals surface area contributed by atoms with E-state index < -0.39 is 15.9 Å². The minimum absolute atomic E-state index is 0.0706. The van der Waals surface area contributed by atoms with Crippen LogP contribution < -0.4 is 5.73 Å². The van der Waals surface area contributed by atoms with Crippen LogP contribution in [0.5, 0.6) is 0 Å². The van der Waals surface area contributed by atoms with Crippen LogP contribution in [0.3, 0.4) is 0 Å². The summed E-state index contributed by atoms with van der Waals surface area (Å²) < 4.78 is 24.7. The Morgan fingerprint density at radius 2 is 1.71 bits per heavy atom. The van der Waals surface area contributed by atoms with Gasteiger partial charge in [-0.1, -0.05) is 51.0 Å². The van der Waals surface area contributed by atoms with Gasteiger partial charge in [0.2, 0.25) is 0 Å². The average Bonchev–Trinajstić information content (AvgIpc) is 2.93. The number of rotatable bonds is 6. The average molecular weight is 309 g/mol. The van der Waals surface area contributed by atoms with Crippen LogP contribution in [0, 0.1) is 5.92 Å². The Balaban J connectivity index is 2.01. The maximum Gasteiger partial charge on any atom is 0.155 e. The van der Waals surface area contributed by atoms with E-state index in [0.29, 0.717) is 5.92 Å². The second-order valence-electron chi connectivity index (χ2n) is 6.68. The van der Waals surface area contributed by atoms with E-state index in [1.54, 1.807) is 0 Å². The van der Waals surface area contributed by atoms with Crippen molar-refractivity contribution in [3.63, 3.8) is 0 Å². The van der Waals surface area contributed by atoms with Gasteiger partial charge in [-0.25, -0.2) is 8.42 Å². The number of hydrogen-bond donors (Lipinski definition) is 1. The van der Waals surface area contributed by atoms with Gasteiger partial charge in [0.1, 0.15) is 0 Å². The minimum Gasteiger partial charge on any atom is -0.323 e. The van der Waals surface area contributed by atoms with Gasteiger partial charge in [-0.15, -0.1) is 0 Å². The third kappa shape index (κ3) is 4.55. The molecule has 0 aromatic heterocycles. The van der Waals surface area contributed by atoms with Gasteiger partial charge in [0.05, 0.1) is 11.0 Å². The molecular formula is C17H27NO2S. The standard InChI is InChI=1S/C17H27NO2S/c1-13(2)11-14-7-9-15(10-8-14)17(18)12-21(19,20)16-5-3-4-6-16/h7-10,13,16-17H,3-6,11-12,18H2,1-2H3. The van der Waals surface area contributed by atoms with Gasteiger partial charge in [0.25, 0.3) is 0 Å². The number of sulfone groups is 1. The van der Waals surface area contributed by atoms with Crippen molar-refractivity contribution in [2.45, 2.75) is 57.2 Å². The van der Waals surface area contributed by atoms with Crippen LogP contribution in [0.2, 0.25) is 0 Å². The third-order valence-electron chi connectivity index (χ3n) is 4.27. The SMILES string of the molecule is CC(C)Cc1ccc(C(N)CS(=O)(=O)C2CCCC2)cc1. The first-order valence-electron chi connectivity index (χ1n) is 7.94. The molecular weight excluding hydrogens is 282 g/mol. The molecule has 0 aliphatic heterocycles. The van der Waals surface area contributed by atoms with E-state index in [1.165, 1.54) is 5.56 Å². The van der Waals surface area contributed by atoms with E-state index in [9.17, 15) is 8.42 Å². The second kappa shape index (κ2) is 6.93. The first kappa shape index (κ1) is 16.5. The molecule has 1 aromatic carbocycles. The van der Waals surface area contributed by atoms with Crippen LogP contribution in [0.4, 0.5) is 0 Å². The predicted molar refractivity (Wildman–Crippen MR) is 88.0 cm³/mol. The zero-order valence-corrected chi connectivity index (χ0v) is 13.9. The molecule has 1 aliphatic rings. The van der Waals surface area contributed by atoms with Crippen LogP contribution in [-0.4, -0.2) is 19.4 Å². The lowest BCUT2D eigenvalue weighted by atomic mass is 10.0. The quantitative estimate of drug-likeness (QED) is 0.877. The first-order chi connectivity index (χ1) is 9.88. The molecule has 0 saturated heterocycles. The zero-order chi connectivity index (χ0) is 15.5. The van der Waals surface area contributed by atoms with Gasteiger partial charge >= 0.3 is 0 Å². The molecule has 1 unspecified atom stereocenters. The predicted octanol–water partition coefficient (Wildman–Crippen LogP) is 3.24. The lowest BCUT2D eigenvalue weighted by Crippen LogP contribution is -2.28. The molecule has 0 heterocycles. The zero-order valence-electron chi connectivity index (χ0n) is 13.1. The highest BCUT2D eigenvalue weighted by Crippen LogP contribution is 2.27. The Hall–Kier alpha value is -0.870. The summed E-state index contributed by atoms with van der Waals surface area (Å²) in [6.07, 6.45) is 4.71. The minimum atomic E-state index is -3.06. The molecule has 3 nitrogen and oxygen atoms in total. The van der Waals surface area contributed by atoms with E-state index in [1.807, 2.05) is 12.1 Å². The molecule has 1 saturated carbocycles. The van der Waals surface area contributed by atoms with Gasteiger partial charge in [-0.2, -0.15) is 0 Å². The summed E-state index contributed by atoms with van der Waals surface area (Å²) >= 11 is 0. The Labute approximate surface area is 128 Å². The molecule has 1 aliphatic carbocycles. The number of hydrogen-bond acceptors (Lipinski definition) is 3. The molecule has 0 spiro atoms. The highest BCUT2D eigenvalue weighted by Gasteiger charge is 2.30. The number of nitrogens with two attached hydrogens (primary N) is 1. The molecule has 1 aromatic rings. The van der Waals surface area contributed by atoms with Crippen molar-refractivity contribution in [3.05, 3.63) is 35.4 Å². The molecule has 0 radical (unpaired) electrons. The van der Waals surface area contributed by atoms with Crippen LogP contribution in [0.15, 0.2) is 24.3 Å². The van der Waals surface area contributed by atoms with Crippen molar-refractivity contribution in [2.24, 2.45) is 11.7 Å². The summed E-state index contributed by atoms with van der Waals surface area (Å²) in [5.74, 6) is 0.688. The van der Waals surface area contributed by atoms with E-state index in [0.717, 1.165) is 37.7 Å². The van der Waals surface area contributed by atoms with E-state index in [2.05, 4.69) is 26.0 Å². The second-order valence-corrected chi connectivity index (χ2v) is 9.01. The Morgan fingerprint density at radius 3 is 2.24 bits per heavy atom. The molecule has 2 N–H and O–H groups in total. The van der Waals surface area contributed by atoms with Gasteiger partial charge in [0, 0.05) is 6.04 Å². The van der Waals surface area contributed by atoms with Crippen molar-refractivity contribution >= 4 is 9.84 Å². The van der Waals surface area contributed by atoms with Crippen molar-refractivity contribution < 1.29 is 8.42 Å². The summed E-state index contributed by atoms with van der Waals surface area (Å²) in [7, 11) is -3.06. The highest BCUT2D eigenvalue weighted by molar-refractivity contribution is 7.92. The smallest absolute Gasteiger partial charge is 0.155 e. The lowest BCUT2D eigenvalue weighted by Gasteiger charge is -2.17. The molecule has 0 amide bonds. The van der Waals surface area contributed by atoms with E-state index >= 15 is 0 Å².